The van der Waals surface area contributed by atoms with Crippen LogP contribution in [0.25, 0.3) is 0 Å². The second kappa shape index (κ2) is 10.4. The van der Waals surface area contributed by atoms with Gasteiger partial charge in [0.05, 0.1) is 16.8 Å². The molecule has 0 unspecified atom stereocenters. The molecule has 184 valence electrons. The van der Waals surface area contributed by atoms with Gasteiger partial charge in [-0.1, -0.05) is 17.7 Å². The van der Waals surface area contributed by atoms with E-state index in [4.69, 9.17) is 21.4 Å². The molecule has 0 amide bonds. The monoisotopic (exact) mass is 509 g/mol. The van der Waals surface area contributed by atoms with Crippen molar-refractivity contribution in [1.29, 1.82) is 0 Å². The number of anilines is 1. The Morgan fingerprint density at radius 2 is 1.76 bits per heavy atom. The molecule has 2 aliphatic rings. The van der Waals surface area contributed by atoms with E-state index in [-0.39, 0.29) is 11.7 Å². The third-order valence-corrected chi connectivity index (χ3v) is 7.70. The molecule has 10 nitrogen and oxygen atoms in total. The quantitative estimate of drug-likeness (QED) is 0.597. The van der Waals surface area contributed by atoms with Gasteiger partial charge >= 0.3 is 5.97 Å². The summed E-state index contributed by atoms with van der Waals surface area (Å²) in [5.41, 5.74) is 1.12. The summed E-state index contributed by atoms with van der Waals surface area (Å²) in [6.45, 7) is 4.48. The number of piperazine rings is 1. The van der Waals surface area contributed by atoms with Gasteiger partial charge in [-0.3, -0.25) is 4.90 Å². The molecule has 2 aromatic rings. The molecular formula is C22H28ClN5O5S. The first-order chi connectivity index (χ1) is 16.2. The molecule has 0 aliphatic carbocycles. The third kappa shape index (κ3) is 6.15. The Labute approximate surface area is 204 Å². The van der Waals surface area contributed by atoms with Crippen LogP contribution in [0.15, 0.2) is 30.6 Å². The van der Waals surface area contributed by atoms with E-state index in [9.17, 15) is 13.2 Å². The van der Waals surface area contributed by atoms with E-state index >= 15 is 0 Å². The Balaban J connectivity index is 1.27. The lowest BCUT2D eigenvalue weighted by Gasteiger charge is -2.33. The van der Waals surface area contributed by atoms with Crippen molar-refractivity contribution in [3.63, 3.8) is 0 Å². The van der Waals surface area contributed by atoms with Gasteiger partial charge in [-0.25, -0.2) is 23.2 Å². The number of carbonyl (C=O) groups is 1. The van der Waals surface area contributed by atoms with Crippen LogP contribution in [0.2, 0.25) is 5.02 Å². The fourth-order valence-electron chi connectivity index (χ4n) is 4.16. The number of benzene rings is 1. The molecule has 4 rings (SSSR count). The normalized spacial score (nSPS) is 18.7. The second-order valence-electron chi connectivity index (χ2n) is 8.58. The number of ether oxygens (including phenoxy) is 1. The standard InChI is InChI=1S/C22H28ClN5O5S/c1-34(31,32)28-10-8-26(9-11-28)15-16-2-3-20(19(23)12-16)33-18-4-6-27(7-5-18)22-24-13-17(14-25-22)21(29)30/h2-3,12-14,18H,4-11,15H2,1H3,(H,29,30). The van der Waals surface area contributed by atoms with Gasteiger partial charge in [-0.2, -0.15) is 4.31 Å². The predicted octanol–water partition coefficient (Wildman–Crippen LogP) is 1.95. The Hall–Kier alpha value is -2.47. The highest BCUT2D eigenvalue weighted by Gasteiger charge is 2.25. The van der Waals surface area contributed by atoms with E-state index in [1.165, 1.54) is 23.0 Å². The zero-order valence-electron chi connectivity index (χ0n) is 18.9. The maximum absolute atomic E-state index is 11.7. The smallest absolute Gasteiger partial charge is 0.338 e. The predicted molar refractivity (Wildman–Crippen MR) is 128 cm³/mol. The number of aromatic nitrogens is 2. The molecule has 0 saturated carbocycles. The summed E-state index contributed by atoms with van der Waals surface area (Å²) in [4.78, 5) is 23.5. The summed E-state index contributed by atoms with van der Waals surface area (Å²) in [5.74, 6) is 0.118. The average molecular weight is 510 g/mol. The van der Waals surface area contributed by atoms with Crippen molar-refractivity contribution in [2.45, 2.75) is 25.5 Å². The first-order valence-corrected chi connectivity index (χ1v) is 13.3. The van der Waals surface area contributed by atoms with Crippen LogP contribution in [0.3, 0.4) is 0 Å². The number of hydrogen-bond donors (Lipinski definition) is 1. The van der Waals surface area contributed by atoms with Gasteiger partial charge in [0.2, 0.25) is 16.0 Å². The van der Waals surface area contributed by atoms with Gasteiger partial charge in [0.25, 0.3) is 0 Å². The minimum atomic E-state index is -3.14. The van der Waals surface area contributed by atoms with E-state index in [2.05, 4.69) is 14.9 Å². The fourth-order valence-corrected chi connectivity index (χ4v) is 5.24. The molecule has 0 atom stereocenters. The van der Waals surface area contributed by atoms with E-state index < -0.39 is 16.0 Å². The van der Waals surface area contributed by atoms with E-state index in [1.807, 2.05) is 23.1 Å². The molecule has 0 spiro atoms. The Morgan fingerprint density at radius 1 is 1.12 bits per heavy atom. The van der Waals surface area contributed by atoms with Crippen LogP contribution in [0.4, 0.5) is 5.95 Å². The highest BCUT2D eigenvalue weighted by Crippen LogP contribution is 2.29. The van der Waals surface area contributed by atoms with Crippen LogP contribution < -0.4 is 9.64 Å². The third-order valence-electron chi connectivity index (χ3n) is 6.11. The summed E-state index contributed by atoms with van der Waals surface area (Å²) in [5, 5.41) is 9.53. The number of hydrogen-bond acceptors (Lipinski definition) is 8. The van der Waals surface area contributed by atoms with Gasteiger partial charge in [-0.15, -0.1) is 0 Å². The van der Waals surface area contributed by atoms with Gasteiger partial charge in [0.1, 0.15) is 11.9 Å². The lowest BCUT2D eigenvalue weighted by molar-refractivity contribution is 0.0696. The Bertz CT molecular complexity index is 1120. The maximum Gasteiger partial charge on any atom is 0.338 e. The Kier molecular flexibility index (Phi) is 7.56. The molecule has 2 aliphatic heterocycles. The molecular weight excluding hydrogens is 482 g/mol. The largest absolute Gasteiger partial charge is 0.489 e. The summed E-state index contributed by atoms with van der Waals surface area (Å²) in [6.07, 6.45) is 5.44. The number of carboxylic acids is 1. The van der Waals surface area contributed by atoms with Crippen molar-refractivity contribution in [1.82, 2.24) is 19.2 Å². The number of carboxylic acid groups (broad SMARTS) is 1. The molecule has 2 fully saturated rings. The number of nitrogens with zero attached hydrogens (tertiary/aromatic N) is 5. The Morgan fingerprint density at radius 3 is 2.32 bits per heavy atom. The number of halogens is 1. The molecule has 0 bridgehead atoms. The molecule has 34 heavy (non-hydrogen) atoms. The lowest BCUT2D eigenvalue weighted by Crippen LogP contribution is -2.47. The van der Waals surface area contributed by atoms with Crippen molar-refractivity contribution in [3.8, 4) is 5.75 Å². The number of piperidine rings is 1. The van der Waals surface area contributed by atoms with Crippen LogP contribution in [-0.4, -0.2) is 90.3 Å². The average Bonchev–Trinajstić information content (AvgIpc) is 2.81. The first kappa shape index (κ1) is 24.6. The minimum Gasteiger partial charge on any atom is -0.489 e. The van der Waals surface area contributed by atoms with Gasteiger partial charge in [0, 0.05) is 71.0 Å². The highest BCUT2D eigenvalue weighted by atomic mass is 35.5. The lowest BCUT2D eigenvalue weighted by atomic mass is 10.1. The van der Waals surface area contributed by atoms with E-state index in [0.29, 0.717) is 62.5 Å². The van der Waals surface area contributed by atoms with Crippen LogP contribution in [0.1, 0.15) is 28.8 Å². The molecule has 0 radical (unpaired) electrons. The van der Waals surface area contributed by atoms with Crippen LogP contribution in [0.5, 0.6) is 5.75 Å². The molecule has 1 aromatic carbocycles. The zero-order chi connectivity index (χ0) is 24.3. The molecule has 1 N–H and O–H groups in total. The second-order valence-corrected chi connectivity index (χ2v) is 11.0. The fraction of sp³-hybridized carbons (Fsp3) is 0.500. The SMILES string of the molecule is CS(=O)(=O)N1CCN(Cc2ccc(OC3CCN(c4ncc(C(=O)O)cn4)CC3)c(Cl)c2)CC1. The van der Waals surface area contributed by atoms with Crippen molar-refractivity contribution in [2.75, 3.05) is 50.4 Å². The van der Waals surface area contributed by atoms with Crippen molar-refractivity contribution in [3.05, 3.63) is 46.7 Å². The van der Waals surface area contributed by atoms with Crippen LogP contribution >= 0.6 is 11.6 Å². The van der Waals surface area contributed by atoms with Gasteiger partial charge in [-0.05, 0) is 17.7 Å². The minimum absolute atomic E-state index is 0.0157. The molecule has 3 heterocycles. The number of aromatic carboxylic acids is 1. The van der Waals surface area contributed by atoms with Crippen LogP contribution in [-0.2, 0) is 16.6 Å². The first-order valence-electron chi connectivity index (χ1n) is 11.1. The van der Waals surface area contributed by atoms with Crippen LogP contribution in [0, 0.1) is 0 Å². The summed E-state index contributed by atoms with van der Waals surface area (Å²) in [6, 6.07) is 5.80. The van der Waals surface area contributed by atoms with Crippen molar-refractivity contribution in [2.24, 2.45) is 0 Å². The molecule has 1 aromatic heterocycles. The topological polar surface area (TPSA) is 116 Å². The number of rotatable bonds is 7. The molecule has 12 heteroatoms. The summed E-state index contributed by atoms with van der Waals surface area (Å²) in [7, 11) is -3.14. The van der Waals surface area contributed by atoms with Crippen molar-refractivity contribution >= 4 is 33.5 Å². The van der Waals surface area contributed by atoms with E-state index in [1.54, 1.807) is 0 Å². The summed E-state index contributed by atoms with van der Waals surface area (Å²) >= 11 is 6.50. The zero-order valence-corrected chi connectivity index (χ0v) is 20.5. The van der Waals surface area contributed by atoms with Gasteiger partial charge < -0.3 is 14.7 Å². The summed E-state index contributed by atoms with van der Waals surface area (Å²) < 4.78 is 31.0. The molecule has 2 saturated heterocycles. The number of sulfonamides is 1. The maximum atomic E-state index is 11.7. The van der Waals surface area contributed by atoms with Gasteiger partial charge in [0.15, 0.2) is 0 Å². The highest BCUT2D eigenvalue weighted by molar-refractivity contribution is 7.88. The van der Waals surface area contributed by atoms with E-state index in [0.717, 1.165) is 18.4 Å². The van der Waals surface area contributed by atoms with Crippen molar-refractivity contribution < 1.29 is 23.1 Å².